The number of non-ortho nitro benzene ring substituents is 1. The highest BCUT2D eigenvalue weighted by Gasteiger charge is 2.26. The molecule has 11 nitrogen and oxygen atoms in total. The second-order valence-electron chi connectivity index (χ2n) is 7.98. The summed E-state index contributed by atoms with van der Waals surface area (Å²) >= 11 is 0. The van der Waals surface area contributed by atoms with Crippen molar-refractivity contribution in [2.24, 2.45) is 0 Å². The first kappa shape index (κ1) is 27.3. The number of nitrogens with zero attached hydrogens (tertiary/aromatic N) is 2. The fraction of sp³-hybridized carbons (Fsp3) is 0.200. The summed E-state index contributed by atoms with van der Waals surface area (Å²) in [5.74, 6) is -0.537. The van der Waals surface area contributed by atoms with Gasteiger partial charge in [-0.05, 0) is 35.9 Å². The van der Waals surface area contributed by atoms with Crippen molar-refractivity contribution in [2.75, 3.05) is 25.6 Å². The summed E-state index contributed by atoms with van der Waals surface area (Å²) in [6.07, 6.45) is 0.170. The van der Waals surface area contributed by atoms with E-state index in [4.69, 9.17) is 4.74 Å². The Hall–Kier alpha value is -4.29. The molecule has 3 rings (SSSR count). The summed E-state index contributed by atoms with van der Waals surface area (Å²) in [5.41, 5.74) is 0.966. The molecule has 0 bridgehead atoms. The second kappa shape index (κ2) is 12.1. The van der Waals surface area contributed by atoms with Crippen LogP contribution in [0.2, 0.25) is 0 Å². The third-order valence-corrected chi connectivity index (χ3v) is 6.87. The minimum Gasteiger partial charge on any atom is -0.497 e. The summed E-state index contributed by atoms with van der Waals surface area (Å²) in [6, 6.07) is 19.3. The van der Waals surface area contributed by atoms with Gasteiger partial charge in [-0.2, -0.15) is 0 Å². The first-order valence-corrected chi connectivity index (χ1v) is 12.6. The van der Waals surface area contributed by atoms with Crippen LogP contribution in [0.25, 0.3) is 0 Å². The summed E-state index contributed by atoms with van der Waals surface area (Å²) < 4.78 is 32.4. The van der Waals surface area contributed by atoms with E-state index in [-0.39, 0.29) is 11.3 Å². The van der Waals surface area contributed by atoms with E-state index in [2.05, 4.69) is 10.0 Å². The molecule has 37 heavy (non-hydrogen) atoms. The number of nitro benzene ring substituents is 1. The van der Waals surface area contributed by atoms with Gasteiger partial charge in [0.05, 0.1) is 23.5 Å². The van der Waals surface area contributed by atoms with Crippen LogP contribution in [-0.4, -0.2) is 51.9 Å². The fourth-order valence-electron chi connectivity index (χ4n) is 3.47. The molecule has 2 amide bonds. The average Bonchev–Trinajstić information content (AvgIpc) is 2.91. The quantitative estimate of drug-likeness (QED) is 0.288. The van der Waals surface area contributed by atoms with Crippen molar-refractivity contribution in [1.82, 2.24) is 10.0 Å². The number of anilines is 1. The van der Waals surface area contributed by atoms with Gasteiger partial charge in [-0.1, -0.05) is 36.4 Å². The van der Waals surface area contributed by atoms with Crippen molar-refractivity contribution in [1.29, 1.82) is 0 Å². The van der Waals surface area contributed by atoms with Crippen LogP contribution in [0.4, 0.5) is 11.4 Å². The number of carbonyl (C=O) groups is 2. The Bertz CT molecular complexity index is 1360. The van der Waals surface area contributed by atoms with Crippen LogP contribution < -0.4 is 19.7 Å². The molecule has 1 atom stereocenters. The van der Waals surface area contributed by atoms with Gasteiger partial charge in [0.25, 0.3) is 5.69 Å². The van der Waals surface area contributed by atoms with Crippen LogP contribution in [0.5, 0.6) is 5.75 Å². The van der Waals surface area contributed by atoms with E-state index in [9.17, 15) is 28.1 Å². The SMILES string of the molecule is COc1ccc(N(C)C(=O)[C@H](Cc2ccccc2)NC(=O)CNS(=O)(=O)c2cccc([N+](=O)[O-])c2)cc1. The van der Waals surface area contributed by atoms with E-state index in [1.807, 2.05) is 18.2 Å². The van der Waals surface area contributed by atoms with Crippen molar-refractivity contribution in [2.45, 2.75) is 17.4 Å². The monoisotopic (exact) mass is 526 g/mol. The van der Waals surface area contributed by atoms with Crippen LogP contribution in [0.15, 0.2) is 83.8 Å². The van der Waals surface area contributed by atoms with Crippen LogP contribution >= 0.6 is 0 Å². The molecule has 0 aliphatic rings. The molecule has 0 saturated carbocycles. The van der Waals surface area contributed by atoms with Gasteiger partial charge in [0, 0.05) is 31.3 Å². The number of hydrogen-bond acceptors (Lipinski definition) is 7. The van der Waals surface area contributed by atoms with Gasteiger partial charge in [0.15, 0.2) is 0 Å². The predicted octanol–water partition coefficient (Wildman–Crippen LogP) is 2.27. The molecular weight excluding hydrogens is 500 g/mol. The Morgan fingerprint density at radius 1 is 1.03 bits per heavy atom. The lowest BCUT2D eigenvalue weighted by Gasteiger charge is -2.25. The minimum atomic E-state index is -4.21. The maximum absolute atomic E-state index is 13.3. The van der Waals surface area contributed by atoms with Gasteiger partial charge in [0.2, 0.25) is 21.8 Å². The molecule has 0 saturated heterocycles. The predicted molar refractivity (Wildman–Crippen MR) is 137 cm³/mol. The highest BCUT2D eigenvalue weighted by molar-refractivity contribution is 7.89. The molecule has 0 heterocycles. The summed E-state index contributed by atoms with van der Waals surface area (Å²) in [7, 11) is -1.12. The normalized spacial score (nSPS) is 11.8. The Labute approximate surface area is 214 Å². The first-order chi connectivity index (χ1) is 17.6. The van der Waals surface area contributed by atoms with Crippen LogP contribution in [0.1, 0.15) is 5.56 Å². The Kier molecular flexibility index (Phi) is 8.93. The summed E-state index contributed by atoms with van der Waals surface area (Å²) in [5, 5.41) is 13.6. The third kappa shape index (κ3) is 7.35. The van der Waals surface area contributed by atoms with Gasteiger partial charge < -0.3 is 15.0 Å². The zero-order valence-electron chi connectivity index (χ0n) is 20.2. The molecule has 3 aromatic carbocycles. The molecule has 0 fully saturated rings. The highest BCUT2D eigenvalue weighted by Crippen LogP contribution is 2.20. The van der Waals surface area contributed by atoms with Gasteiger partial charge in [-0.15, -0.1) is 0 Å². The second-order valence-corrected chi connectivity index (χ2v) is 9.75. The molecule has 0 spiro atoms. The van der Waals surface area contributed by atoms with Gasteiger partial charge in [0.1, 0.15) is 11.8 Å². The molecule has 0 unspecified atom stereocenters. The summed E-state index contributed by atoms with van der Waals surface area (Å²) in [4.78, 5) is 37.3. The number of methoxy groups -OCH3 is 1. The Morgan fingerprint density at radius 2 is 1.70 bits per heavy atom. The molecule has 0 aliphatic carbocycles. The Balaban J connectivity index is 1.74. The molecular formula is C25H26N4O7S. The molecule has 0 radical (unpaired) electrons. The maximum atomic E-state index is 13.3. The van der Waals surface area contributed by atoms with E-state index in [0.29, 0.717) is 11.4 Å². The molecule has 0 aliphatic heterocycles. The maximum Gasteiger partial charge on any atom is 0.270 e. The highest BCUT2D eigenvalue weighted by atomic mass is 32.2. The largest absolute Gasteiger partial charge is 0.497 e. The number of nitrogens with one attached hydrogen (secondary N) is 2. The number of hydrogen-bond donors (Lipinski definition) is 2. The number of rotatable bonds is 11. The van der Waals surface area contributed by atoms with E-state index in [1.54, 1.807) is 43.4 Å². The van der Waals surface area contributed by atoms with Crippen molar-refractivity contribution < 1.29 is 27.7 Å². The number of carbonyl (C=O) groups excluding carboxylic acids is 2. The average molecular weight is 527 g/mol. The summed E-state index contributed by atoms with van der Waals surface area (Å²) in [6.45, 7) is -0.671. The van der Waals surface area contributed by atoms with E-state index < -0.39 is 45.0 Å². The zero-order valence-corrected chi connectivity index (χ0v) is 21.0. The molecule has 3 aromatic rings. The van der Waals surface area contributed by atoms with Gasteiger partial charge in [-0.3, -0.25) is 19.7 Å². The number of ether oxygens (including phenoxy) is 1. The lowest BCUT2D eigenvalue weighted by molar-refractivity contribution is -0.385. The number of amides is 2. The molecule has 0 aromatic heterocycles. The van der Waals surface area contributed by atoms with Crippen molar-refractivity contribution in [3.8, 4) is 5.75 Å². The molecule has 12 heteroatoms. The minimum absolute atomic E-state index is 0.170. The van der Waals surface area contributed by atoms with Crippen LogP contribution in [0.3, 0.4) is 0 Å². The standard InChI is InChI=1S/C25H26N4O7S/c1-28(19-11-13-21(36-2)14-12-19)25(31)23(15-18-7-4-3-5-8-18)27-24(30)17-26-37(34,35)22-10-6-9-20(16-22)29(32)33/h3-14,16,23,26H,15,17H2,1-2H3,(H,27,30)/t23-/m0/s1. The fourth-order valence-corrected chi connectivity index (χ4v) is 4.49. The number of nitro groups is 1. The third-order valence-electron chi connectivity index (χ3n) is 5.47. The topological polar surface area (TPSA) is 148 Å². The molecule has 194 valence electrons. The molecule has 2 N–H and O–H groups in total. The van der Waals surface area contributed by atoms with Crippen LogP contribution in [0, 0.1) is 10.1 Å². The van der Waals surface area contributed by atoms with E-state index >= 15 is 0 Å². The van der Waals surface area contributed by atoms with Gasteiger partial charge in [-0.25, -0.2) is 13.1 Å². The smallest absolute Gasteiger partial charge is 0.270 e. The van der Waals surface area contributed by atoms with Gasteiger partial charge >= 0.3 is 0 Å². The van der Waals surface area contributed by atoms with Crippen molar-refractivity contribution >= 4 is 33.2 Å². The Morgan fingerprint density at radius 3 is 2.32 bits per heavy atom. The number of sulfonamides is 1. The lowest BCUT2D eigenvalue weighted by Crippen LogP contribution is -2.51. The van der Waals surface area contributed by atoms with E-state index in [0.717, 1.165) is 17.7 Å². The zero-order chi connectivity index (χ0) is 27.0. The number of benzene rings is 3. The van der Waals surface area contributed by atoms with E-state index in [1.165, 1.54) is 24.1 Å². The van der Waals surface area contributed by atoms with Crippen molar-refractivity contribution in [3.63, 3.8) is 0 Å². The lowest BCUT2D eigenvalue weighted by atomic mass is 10.0. The number of likely N-dealkylation sites (N-methyl/N-ethyl adjacent to an activating group) is 1. The van der Waals surface area contributed by atoms with Crippen molar-refractivity contribution in [3.05, 3.63) is 94.5 Å². The first-order valence-electron chi connectivity index (χ1n) is 11.1. The van der Waals surface area contributed by atoms with Crippen LogP contribution in [-0.2, 0) is 26.0 Å².